The van der Waals surface area contributed by atoms with E-state index in [1.54, 1.807) is 28.9 Å². The summed E-state index contributed by atoms with van der Waals surface area (Å²) in [6.45, 7) is 3.44. The van der Waals surface area contributed by atoms with Gasteiger partial charge in [-0.3, -0.25) is 4.98 Å². The lowest BCUT2D eigenvalue weighted by Gasteiger charge is -2.21. The molecule has 6 nitrogen and oxygen atoms in total. The first-order chi connectivity index (χ1) is 12.8. The van der Waals surface area contributed by atoms with Crippen LogP contribution >= 0.6 is 0 Å². The molecule has 4 rings (SSSR count). The van der Waals surface area contributed by atoms with Crippen molar-refractivity contribution in [2.75, 3.05) is 11.4 Å². The molecule has 0 radical (unpaired) electrons. The highest BCUT2D eigenvalue weighted by Gasteiger charge is 2.15. The Bertz CT molecular complexity index is 1030. The highest BCUT2D eigenvalue weighted by Crippen LogP contribution is 2.22. The molecule has 0 aliphatic heterocycles. The van der Waals surface area contributed by atoms with Crippen molar-refractivity contribution < 1.29 is 4.39 Å². The topological polar surface area (TPSA) is 59.2 Å². The first-order valence-electron chi connectivity index (χ1n) is 8.38. The lowest BCUT2D eigenvalue weighted by atomic mass is 10.2. The highest BCUT2D eigenvalue weighted by molar-refractivity contribution is 5.60. The standard InChI is InChI=1S/C19H17FN6/c1-2-25(13-14-7-5-6-12-21-14)18-11-10-17-22-23-19(26(17)24-18)15-8-3-4-9-16(15)20/h3-12H,2,13H2,1H3. The molecule has 0 aliphatic carbocycles. The molecule has 0 spiro atoms. The van der Waals surface area contributed by atoms with Gasteiger partial charge in [-0.1, -0.05) is 18.2 Å². The molecule has 26 heavy (non-hydrogen) atoms. The molecule has 0 fully saturated rings. The molecule has 0 bridgehead atoms. The highest BCUT2D eigenvalue weighted by atomic mass is 19.1. The molecule has 0 aliphatic rings. The number of pyridine rings is 1. The SMILES string of the molecule is CCN(Cc1ccccn1)c1ccc2nnc(-c3ccccc3F)n2n1. The Labute approximate surface area is 149 Å². The maximum absolute atomic E-state index is 14.2. The third-order valence-corrected chi connectivity index (χ3v) is 4.15. The van der Waals surface area contributed by atoms with Crippen molar-refractivity contribution in [1.82, 2.24) is 24.8 Å². The van der Waals surface area contributed by atoms with Gasteiger partial charge in [-0.25, -0.2) is 4.39 Å². The predicted molar refractivity (Wildman–Crippen MR) is 97.1 cm³/mol. The summed E-state index contributed by atoms with van der Waals surface area (Å²) in [5.41, 5.74) is 1.90. The summed E-state index contributed by atoms with van der Waals surface area (Å²) >= 11 is 0. The number of nitrogens with zero attached hydrogens (tertiary/aromatic N) is 6. The molecular weight excluding hydrogens is 331 g/mol. The molecule has 130 valence electrons. The van der Waals surface area contributed by atoms with Crippen LogP contribution in [0, 0.1) is 5.82 Å². The Morgan fingerprint density at radius 1 is 1.00 bits per heavy atom. The Morgan fingerprint density at radius 2 is 1.85 bits per heavy atom. The van der Waals surface area contributed by atoms with Crippen LogP contribution in [0.2, 0.25) is 0 Å². The van der Waals surface area contributed by atoms with E-state index in [1.807, 2.05) is 30.3 Å². The molecule has 3 aromatic heterocycles. The van der Waals surface area contributed by atoms with Crippen molar-refractivity contribution in [2.24, 2.45) is 0 Å². The van der Waals surface area contributed by atoms with Gasteiger partial charge in [0.15, 0.2) is 11.5 Å². The summed E-state index contributed by atoms with van der Waals surface area (Å²) in [5.74, 6) is 0.784. The van der Waals surface area contributed by atoms with E-state index in [4.69, 9.17) is 0 Å². The summed E-state index contributed by atoms with van der Waals surface area (Å²) in [7, 11) is 0. The number of rotatable bonds is 5. The number of benzene rings is 1. The summed E-state index contributed by atoms with van der Waals surface area (Å²) in [4.78, 5) is 6.46. The van der Waals surface area contributed by atoms with E-state index in [9.17, 15) is 4.39 Å². The van der Waals surface area contributed by atoms with Crippen LogP contribution in [0.3, 0.4) is 0 Å². The molecule has 0 amide bonds. The maximum Gasteiger partial charge on any atom is 0.188 e. The van der Waals surface area contributed by atoms with E-state index in [2.05, 4.69) is 32.1 Å². The van der Waals surface area contributed by atoms with E-state index < -0.39 is 0 Å². The molecule has 0 saturated heterocycles. The number of anilines is 1. The number of hydrogen-bond donors (Lipinski definition) is 0. The maximum atomic E-state index is 14.2. The van der Waals surface area contributed by atoms with Crippen LogP contribution in [0.25, 0.3) is 17.0 Å². The first-order valence-corrected chi connectivity index (χ1v) is 8.38. The average Bonchev–Trinajstić information content (AvgIpc) is 3.10. The van der Waals surface area contributed by atoms with Gasteiger partial charge in [0.25, 0.3) is 0 Å². The van der Waals surface area contributed by atoms with Crippen molar-refractivity contribution >= 4 is 11.5 Å². The van der Waals surface area contributed by atoms with Gasteiger partial charge < -0.3 is 4.90 Å². The van der Waals surface area contributed by atoms with Gasteiger partial charge in [-0.05, 0) is 43.3 Å². The fraction of sp³-hybridized carbons (Fsp3) is 0.158. The van der Waals surface area contributed by atoms with E-state index in [0.29, 0.717) is 23.6 Å². The van der Waals surface area contributed by atoms with Crippen molar-refractivity contribution in [3.05, 3.63) is 72.3 Å². The third-order valence-electron chi connectivity index (χ3n) is 4.15. The minimum absolute atomic E-state index is 0.352. The number of hydrogen-bond acceptors (Lipinski definition) is 5. The molecule has 7 heteroatoms. The summed E-state index contributed by atoms with van der Waals surface area (Å²) in [6, 6.07) is 16.0. The number of halogens is 1. The molecule has 3 heterocycles. The zero-order chi connectivity index (χ0) is 17.9. The minimum Gasteiger partial charge on any atom is -0.350 e. The Hall–Kier alpha value is -3.35. The second-order valence-corrected chi connectivity index (χ2v) is 5.80. The second-order valence-electron chi connectivity index (χ2n) is 5.80. The Morgan fingerprint density at radius 3 is 2.62 bits per heavy atom. The Kier molecular flexibility index (Phi) is 4.27. The largest absolute Gasteiger partial charge is 0.350 e. The predicted octanol–water partition coefficient (Wildman–Crippen LogP) is 3.35. The van der Waals surface area contributed by atoms with Gasteiger partial charge in [-0.15, -0.1) is 15.3 Å². The second kappa shape index (κ2) is 6.87. The Balaban J connectivity index is 1.75. The minimum atomic E-state index is -0.352. The van der Waals surface area contributed by atoms with Gasteiger partial charge >= 0.3 is 0 Å². The van der Waals surface area contributed by atoms with Gasteiger partial charge in [0.2, 0.25) is 0 Å². The van der Waals surface area contributed by atoms with Crippen LogP contribution in [0.15, 0.2) is 60.8 Å². The smallest absolute Gasteiger partial charge is 0.188 e. The summed E-state index contributed by atoms with van der Waals surface area (Å²) in [6.07, 6.45) is 1.77. The molecule has 0 unspecified atom stereocenters. The first kappa shape index (κ1) is 16.1. The molecule has 0 N–H and O–H groups in total. The number of aromatic nitrogens is 5. The number of fused-ring (bicyclic) bond motifs is 1. The van der Waals surface area contributed by atoms with Gasteiger partial charge in [-0.2, -0.15) is 4.52 Å². The monoisotopic (exact) mass is 348 g/mol. The lowest BCUT2D eigenvalue weighted by molar-refractivity contribution is 0.629. The van der Waals surface area contributed by atoms with Crippen LogP contribution in [0.1, 0.15) is 12.6 Å². The van der Waals surface area contributed by atoms with Crippen molar-refractivity contribution in [2.45, 2.75) is 13.5 Å². The summed E-state index contributed by atoms with van der Waals surface area (Å²) < 4.78 is 15.7. The average molecular weight is 348 g/mol. The molecule has 0 saturated carbocycles. The van der Waals surface area contributed by atoms with Crippen LogP contribution in [-0.2, 0) is 6.54 Å². The van der Waals surface area contributed by atoms with Gasteiger partial charge in [0, 0.05) is 12.7 Å². The van der Waals surface area contributed by atoms with Crippen LogP contribution < -0.4 is 4.90 Å². The van der Waals surface area contributed by atoms with Gasteiger partial charge in [0.05, 0.1) is 17.8 Å². The van der Waals surface area contributed by atoms with Crippen molar-refractivity contribution in [3.8, 4) is 11.4 Å². The van der Waals surface area contributed by atoms with E-state index in [1.165, 1.54) is 6.07 Å². The van der Waals surface area contributed by atoms with Crippen LogP contribution in [0.5, 0.6) is 0 Å². The molecule has 4 aromatic rings. The molecule has 1 aromatic carbocycles. The fourth-order valence-electron chi connectivity index (χ4n) is 2.80. The zero-order valence-electron chi connectivity index (χ0n) is 14.2. The fourth-order valence-corrected chi connectivity index (χ4v) is 2.80. The lowest BCUT2D eigenvalue weighted by Crippen LogP contribution is -2.24. The van der Waals surface area contributed by atoms with E-state index in [0.717, 1.165) is 18.1 Å². The normalized spacial score (nSPS) is 11.0. The van der Waals surface area contributed by atoms with E-state index in [-0.39, 0.29) is 5.82 Å². The zero-order valence-corrected chi connectivity index (χ0v) is 14.2. The van der Waals surface area contributed by atoms with Gasteiger partial charge in [0.1, 0.15) is 11.6 Å². The van der Waals surface area contributed by atoms with E-state index >= 15 is 0 Å². The summed E-state index contributed by atoms with van der Waals surface area (Å²) in [5, 5.41) is 12.9. The van der Waals surface area contributed by atoms with Crippen molar-refractivity contribution in [1.29, 1.82) is 0 Å². The van der Waals surface area contributed by atoms with Crippen molar-refractivity contribution in [3.63, 3.8) is 0 Å². The molecular formula is C19H17FN6. The quantitative estimate of drug-likeness (QED) is 0.553. The third kappa shape index (κ3) is 2.99. The molecule has 0 atom stereocenters. The van der Waals surface area contributed by atoms with Crippen LogP contribution in [0.4, 0.5) is 10.2 Å². The van der Waals surface area contributed by atoms with Crippen LogP contribution in [-0.4, -0.2) is 31.3 Å².